The Hall–Kier alpha value is -2.31. The average Bonchev–Trinajstić information content (AvgIpc) is 3.09. The number of anilines is 2. The van der Waals surface area contributed by atoms with Gasteiger partial charge in [0.1, 0.15) is 5.75 Å². The van der Waals surface area contributed by atoms with Gasteiger partial charge in [-0.3, -0.25) is 9.69 Å². The molecule has 0 atom stereocenters. The molecule has 3 aromatic rings. The number of hydrogen-bond acceptors (Lipinski definition) is 5. The molecule has 0 saturated carbocycles. The van der Waals surface area contributed by atoms with E-state index in [1.165, 1.54) is 11.3 Å². The third-order valence-electron chi connectivity index (χ3n) is 3.71. The van der Waals surface area contributed by atoms with Gasteiger partial charge in [0.05, 0.1) is 18.5 Å². The lowest BCUT2D eigenvalue weighted by Crippen LogP contribution is -2.26. The van der Waals surface area contributed by atoms with Crippen molar-refractivity contribution in [3.63, 3.8) is 0 Å². The summed E-state index contributed by atoms with van der Waals surface area (Å²) < 4.78 is 5.17. The topological polar surface area (TPSA) is 42.4 Å². The van der Waals surface area contributed by atoms with Gasteiger partial charge in [0.25, 0.3) is 0 Å². The van der Waals surface area contributed by atoms with Crippen molar-refractivity contribution in [3.05, 3.63) is 65.7 Å². The van der Waals surface area contributed by atoms with Crippen LogP contribution in [0.1, 0.15) is 12.1 Å². The van der Waals surface area contributed by atoms with Crippen LogP contribution in [0.3, 0.4) is 0 Å². The minimum atomic E-state index is 0.0477. The molecule has 1 heterocycles. The van der Waals surface area contributed by atoms with Crippen molar-refractivity contribution in [1.29, 1.82) is 0 Å². The molecule has 26 heavy (non-hydrogen) atoms. The molecule has 0 aliphatic carbocycles. The summed E-state index contributed by atoms with van der Waals surface area (Å²) in [4.78, 5) is 20.2. The smallest absolute Gasteiger partial charge is 0.234 e. The van der Waals surface area contributed by atoms with Crippen molar-refractivity contribution in [3.8, 4) is 5.75 Å². The second-order valence-corrected chi connectivity index (χ2v) is 7.62. The largest absolute Gasteiger partial charge is 0.497 e. The number of carbonyl (C=O) groups is 1. The van der Waals surface area contributed by atoms with E-state index in [0.717, 1.165) is 22.0 Å². The van der Waals surface area contributed by atoms with Gasteiger partial charge >= 0.3 is 0 Å². The number of amides is 1. The molecule has 4 nitrogen and oxygen atoms in total. The molecule has 0 radical (unpaired) electrons. The Kier molecular flexibility index (Phi) is 6.30. The summed E-state index contributed by atoms with van der Waals surface area (Å²) in [5.74, 6) is 1.59. The molecule has 2 aromatic carbocycles. The molecule has 0 fully saturated rings. The van der Waals surface area contributed by atoms with Gasteiger partial charge in [0.15, 0.2) is 5.13 Å². The monoisotopic (exact) mass is 384 g/mol. The fourth-order valence-corrected chi connectivity index (χ4v) is 4.10. The second-order valence-electron chi connectivity index (χ2n) is 5.61. The normalized spacial score (nSPS) is 10.5. The van der Waals surface area contributed by atoms with Gasteiger partial charge in [-0.15, -0.1) is 23.1 Å². The Morgan fingerprint density at radius 3 is 2.50 bits per heavy atom. The number of aromatic nitrogens is 1. The second kappa shape index (κ2) is 8.87. The van der Waals surface area contributed by atoms with Crippen LogP contribution in [0, 0.1) is 6.92 Å². The maximum Gasteiger partial charge on any atom is 0.234 e. The molecular formula is C20H20N2O2S2. The van der Waals surface area contributed by atoms with Crippen molar-refractivity contribution in [2.45, 2.75) is 18.2 Å². The van der Waals surface area contributed by atoms with Crippen LogP contribution in [-0.2, 0) is 4.79 Å². The number of ether oxygens (including phenoxy) is 1. The first-order chi connectivity index (χ1) is 12.7. The fraction of sp³-hybridized carbons (Fsp3) is 0.200. The summed E-state index contributed by atoms with van der Waals surface area (Å²) >= 11 is 3.15. The van der Waals surface area contributed by atoms with E-state index in [-0.39, 0.29) is 5.91 Å². The molecule has 1 aromatic heterocycles. The van der Waals surface area contributed by atoms with Crippen molar-refractivity contribution in [1.82, 2.24) is 4.98 Å². The highest BCUT2D eigenvalue weighted by atomic mass is 32.2. The first-order valence-electron chi connectivity index (χ1n) is 8.24. The highest BCUT2D eigenvalue weighted by molar-refractivity contribution is 7.99. The van der Waals surface area contributed by atoms with E-state index in [1.54, 1.807) is 23.8 Å². The van der Waals surface area contributed by atoms with Crippen LogP contribution >= 0.6 is 23.1 Å². The number of thioether (sulfide) groups is 1. The Morgan fingerprint density at radius 2 is 1.88 bits per heavy atom. The van der Waals surface area contributed by atoms with Crippen LogP contribution in [-0.4, -0.2) is 23.8 Å². The molecule has 0 bridgehead atoms. The Morgan fingerprint density at radius 1 is 1.15 bits per heavy atom. The number of thiazole rings is 1. The van der Waals surface area contributed by atoms with Gasteiger partial charge in [-0.2, -0.15) is 0 Å². The molecular weight excluding hydrogens is 364 g/mol. The van der Waals surface area contributed by atoms with Gasteiger partial charge in [-0.25, -0.2) is 4.98 Å². The predicted molar refractivity (Wildman–Crippen MR) is 109 cm³/mol. The predicted octanol–water partition coefficient (Wildman–Crippen LogP) is 5.31. The number of rotatable bonds is 7. The number of methoxy groups -OCH3 is 1. The zero-order valence-corrected chi connectivity index (χ0v) is 16.3. The summed E-state index contributed by atoms with van der Waals surface area (Å²) in [6.45, 7) is 1.94. The SMILES string of the molecule is COc1ccc(SCCC(=O)N(c2ccccc2)c2nc(C)cs2)cc1. The number of aryl methyl sites for hydroxylation is 1. The maximum absolute atomic E-state index is 12.9. The van der Waals surface area contributed by atoms with E-state index in [2.05, 4.69) is 4.98 Å². The van der Waals surface area contributed by atoms with Gasteiger partial charge in [0.2, 0.25) is 5.91 Å². The lowest BCUT2D eigenvalue weighted by atomic mass is 10.3. The summed E-state index contributed by atoms with van der Waals surface area (Å²) in [6.07, 6.45) is 0.435. The van der Waals surface area contributed by atoms with Crippen LogP contribution in [0.5, 0.6) is 5.75 Å². The van der Waals surface area contributed by atoms with E-state index in [9.17, 15) is 4.79 Å². The van der Waals surface area contributed by atoms with Gasteiger partial charge in [-0.1, -0.05) is 18.2 Å². The molecule has 6 heteroatoms. The van der Waals surface area contributed by atoms with Crippen molar-refractivity contribution < 1.29 is 9.53 Å². The third-order valence-corrected chi connectivity index (χ3v) is 5.66. The number of hydrogen-bond donors (Lipinski definition) is 0. The highest BCUT2D eigenvalue weighted by Crippen LogP contribution is 2.30. The van der Waals surface area contributed by atoms with Crippen LogP contribution in [0.25, 0.3) is 0 Å². The van der Waals surface area contributed by atoms with Gasteiger partial charge in [-0.05, 0) is 43.3 Å². The van der Waals surface area contributed by atoms with Crippen molar-refractivity contribution in [2.24, 2.45) is 0 Å². The van der Waals surface area contributed by atoms with Gasteiger partial charge in [0, 0.05) is 22.4 Å². The Balaban J connectivity index is 1.67. The first kappa shape index (κ1) is 18.5. The molecule has 0 saturated heterocycles. The number of nitrogens with zero attached hydrogens (tertiary/aromatic N) is 2. The lowest BCUT2D eigenvalue weighted by molar-refractivity contribution is -0.117. The molecule has 0 aliphatic heterocycles. The number of benzene rings is 2. The van der Waals surface area contributed by atoms with Crippen LogP contribution in [0.15, 0.2) is 64.9 Å². The van der Waals surface area contributed by atoms with E-state index in [0.29, 0.717) is 17.3 Å². The first-order valence-corrected chi connectivity index (χ1v) is 10.1. The maximum atomic E-state index is 12.9. The third kappa shape index (κ3) is 4.65. The molecule has 0 spiro atoms. The Labute approximate surface area is 161 Å². The number of para-hydroxylation sites is 1. The highest BCUT2D eigenvalue weighted by Gasteiger charge is 2.20. The van der Waals surface area contributed by atoms with Crippen molar-refractivity contribution >= 4 is 39.8 Å². The minimum absolute atomic E-state index is 0.0477. The standard InChI is InChI=1S/C20H20N2O2S2/c1-15-14-26-20(21-15)22(16-6-4-3-5-7-16)19(23)12-13-25-18-10-8-17(24-2)9-11-18/h3-11,14H,12-13H2,1-2H3. The van der Waals surface area contributed by atoms with Crippen LogP contribution < -0.4 is 9.64 Å². The molecule has 0 aliphatic rings. The summed E-state index contributed by atoms with van der Waals surface area (Å²) in [5.41, 5.74) is 1.77. The summed E-state index contributed by atoms with van der Waals surface area (Å²) in [7, 11) is 1.65. The lowest BCUT2D eigenvalue weighted by Gasteiger charge is -2.20. The molecule has 3 rings (SSSR count). The van der Waals surface area contributed by atoms with E-state index in [4.69, 9.17) is 4.74 Å². The van der Waals surface area contributed by atoms with E-state index >= 15 is 0 Å². The van der Waals surface area contributed by atoms with Crippen LogP contribution in [0.2, 0.25) is 0 Å². The zero-order valence-electron chi connectivity index (χ0n) is 14.7. The summed E-state index contributed by atoms with van der Waals surface area (Å²) in [6, 6.07) is 17.6. The van der Waals surface area contributed by atoms with Gasteiger partial charge < -0.3 is 4.74 Å². The molecule has 1 amide bonds. The fourth-order valence-electron chi connectivity index (χ4n) is 2.42. The summed E-state index contributed by atoms with van der Waals surface area (Å²) in [5, 5.41) is 2.68. The molecule has 0 unspecified atom stereocenters. The minimum Gasteiger partial charge on any atom is -0.497 e. The quantitative estimate of drug-likeness (QED) is 0.518. The van der Waals surface area contributed by atoms with E-state index < -0.39 is 0 Å². The molecule has 0 N–H and O–H groups in total. The zero-order chi connectivity index (χ0) is 18.4. The Bertz CT molecular complexity index is 848. The number of carbonyl (C=O) groups excluding carboxylic acids is 1. The molecule has 134 valence electrons. The van der Waals surface area contributed by atoms with Crippen molar-refractivity contribution in [2.75, 3.05) is 17.8 Å². The van der Waals surface area contributed by atoms with E-state index in [1.807, 2.05) is 66.9 Å². The van der Waals surface area contributed by atoms with Crippen LogP contribution in [0.4, 0.5) is 10.8 Å². The average molecular weight is 385 g/mol.